The molecule has 0 aliphatic heterocycles. The van der Waals surface area contributed by atoms with Crippen molar-refractivity contribution in [2.45, 2.75) is 63.0 Å². The predicted octanol–water partition coefficient (Wildman–Crippen LogP) is 4.93. The minimum atomic E-state index is -1.56. The van der Waals surface area contributed by atoms with Gasteiger partial charge in [-0.1, -0.05) is 36.4 Å². The number of alkyl halides is 1. The van der Waals surface area contributed by atoms with Crippen molar-refractivity contribution in [1.82, 2.24) is 0 Å². The average molecular weight is 375 g/mol. The van der Waals surface area contributed by atoms with E-state index in [2.05, 4.69) is 51.4 Å². The molecule has 0 N–H and O–H groups in total. The topological polar surface area (TPSA) is 18.5 Å². The van der Waals surface area contributed by atoms with Crippen LogP contribution in [-0.2, 0) is 8.85 Å². The van der Waals surface area contributed by atoms with Crippen LogP contribution in [0.15, 0.2) is 30.3 Å². The summed E-state index contributed by atoms with van der Waals surface area (Å²) in [5.74, 6) is 0.0676. The molecule has 0 fully saturated rings. The van der Waals surface area contributed by atoms with E-state index < -0.39 is 26.2 Å². The maximum Gasteiger partial charge on any atom is 0.186 e. The molecule has 6 heteroatoms. The van der Waals surface area contributed by atoms with Gasteiger partial charge in [-0.3, -0.25) is 0 Å². The smallest absolute Gasteiger partial charge is 0.186 e. The molecule has 0 aliphatic carbocycles. The molecule has 0 saturated heterocycles. The lowest BCUT2D eigenvalue weighted by molar-refractivity contribution is 0.0605. The molecule has 0 aromatic heterocycles. The highest BCUT2D eigenvalue weighted by Gasteiger charge is 2.26. The summed E-state index contributed by atoms with van der Waals surface area (Å²) >= 11 is 6.51. The Bertz CT molecular complexity index is 413. The SMILES string of the molecule is C[Si](C)(C)OC(O[Si](C)(C)C)[SiH2]CCC(Cl)c1ccccc1. The molecule has 2 nitrogen and oxygen atoms in total. The summed E-state index contributed by atoms with van der Waals surface area (Å²) in [6, 6.07) is 11.5. The van der Waals surface area contributed by atoms with Crippen molar-refractivity contribution in [3.8, 4) is 0 Å². The Morgan fingerprint density at radius 2 is 1.45 bits per heavy atom. The molecule has 0 amide bonds. The van der Waals surface area contributed by atoms with E-state index in [1.807, 2.05) is 18.2 Å². The molecule has 1 aromatic rings. The van der Waals surface area contributed by atoms with Gasteiger partial charge in [-0.25, -0.2) is 0 Å². The zero-order valence-corrected chi connectivity index (χ0v) is 19.0. The first kappa shape index (κ1) is 20.1. The second kappa shape index (κ2) is 8.80. The Hall–Kier alpha value is 0.0806. The van der Waals surface area contributed by atoms with Gasteiger partial charge in [-0.2, -0.15) is 0 Å². The molecule has 0 aliphatic rings. The van der Waals surface area contributed by atoms with Crippen LogP contribution < -0.4 is 0 Å². The van der Waals surface area contributed by atoms with Gasteiger partial charge in [0.15, 0.2) is 16.6 Å². The molecule has 22 heavy (non-hydrogen) atoms. The van der Waals surface area contributed by atoms with Gasteiger partial charge in [0.05, 0.1) is 14.9 Å². The van der Waals surface area contributed by atoms with Gasteiger partial charge in [-0.15, -0.1) is 11.6 Å². The van der Waals surface area contributed by atoms with Gasteiger partial charge >= 0.3 is 0 Å². The fourth-order valence-corrected chi connectivity index (χ4v) is 9.47. The van der Waals surface area contributed by atoms with Crippen molar-refractivity contribution >= 4 is 37.8 Å². The summed E-state index contributed by atoms with van der Waals surface area (Å²) in [5.41, 5.74) is 1.21. The second-order valence-corrected chi connectivity index (χ2v) is 19.1. The van der Waals surface area contributed by atoms with Crippen LogP contribution in [0.3, 0.4) is 0 Å². The van der Waals surface area contributed by atoms with E-state index in [0.717, 1.165) is 12.5 Å². The van der Waals surface area contributed by atoms with Gasteiger partial charge in [0.1, 0.15) is 5.91 Å². The lowest BCUT2D eigenvalue weighted by Crippen LogP contribution is -2.43. The Morgan fingerprint density at radius 1 is 0.955 bits per heavy atom. The van der Waals surface area contributed by atoms with Crippen molar-refractivity contribution in [2.75, 3.05) is 0 Å². The van der Waals surface area contributed by atoms with Gasteiger partial charge in [0.2, 0.25) is 0 Å². The van der Waals surface area contributed by atoms with Crippen LogP contribution in [0.5, 0.6) is 0 Å². The third-order valence-electron chi connectivity index (χ3n) is 3.03. The molecule has 126 valence electrons. The zero-order valence-electron chi connectivity index (χ0n) is 14.9. The number of hydrogen-bond acceptors (Lipinski definition) is 2. The maximum absolute atomic E-state index is 6.51. The number of benzene rings is 1. The largest absolute Gasteiger partial charge is 0.398 e. The molecular weight excluding hydrogens is 344 g/mol. The fraction of sp³-hybridized carbons (Fsp3) is 0.625. The molecule has 0 spiro atoms. The number of rotatable bonds is 9. The summed E-state index contributed by atoms with van der Waals surface area (Å²) in [6.45, 7) is 13.4. The summed E-state index contributed by atoms with van der Waals surface area (Å²) in [4.78, 5) is 0. The zero-order chi connectivity index (χ0) is 16.8. The number of hydrogen-bond donors (Lipinski definition) is 0. The van der Waals surface area contributed by atoms with Crippen LogP contribution in [0.2, 0.25) is 45.3 Å². The molecule has 1 unspecified atom stereocenters. The standard InChI is InChI=1S/C16H31ClO2Si3/c1-21(2,3)18-16(19-22(4,5)6)20-13-12-15(17)14-10-8-7-9-11-14/h7-11,15-16H,12-13,20H2,1-6H3. The Kier molecular flexibility index (Phi) is 8.05. The summed E-state index contributed by atoms with van der Waals surface area (Å²) in [5, 5.41) is 0.105. The minimum Gasteiger partial charge on any atom is -0.398 e. The molecular formula is C16H31ClO2Si3. The summed E-state index contributed by atoms with van der Waals surface area (Å²) in [7, 11) is -3.57. The van der Waals surface area contributed by atoms with Crippen molar-refractivity contribution < 1.29 is 8.85 Å². The van der Waals surface area contributed by atoms with Gasteiger partial charge < -0.3 is 8.85 Å². The van der Waals surface area contributed by atoms with Crippen molar-refractivity contribution in [1.29, 1.82) is 0 Å². The molecule has 1 rings (SSSR count). The van der Waals surface area contributed by atoms with Gasteiger partial charge in [0.25, 0.3) is 0 Å². The highest BCUT2D eigenvalue weighted by Crippen LogP contribution is 2.26. The summed E-state index contributed by atoms with van der Waals surface area (Å²) < 4.78 is 12.5. The maximum atomic E-state index is 6.51. The Labute approximate surface area is 145 Å². The van der Waals surface area contributed by atoms with E-state index in [-0.39, 0.29) is 11.3 Å². The normalized spacial score (nSPS) is 14.9. The molecule has 1 atom stereocenters. The van der Waals surface area contributed by atoms with E-state index in [1.165, 1.54) is 5.56 Å². The highest BCUT2D eigenvalue weighted by molar-refractivity contribution is 6.71. The molecule has 1 aromatic carbocycles. The predicted molar refractivity (Wildman–Crippen MR) is 106 cm³/mol. The average Bonchev–Trinajstić information content (AvgIpc) is 2.35. The van der Waals surface area contributed by atoms with E-state index >= 15 is 0 Å². The van der Waals surface area contributed by atoms with Crippen LogP contribution in [0.1, 0.15) is 17.4 Å². The third kappa shape index (κ3) is 9.27. The van der Waals surface area contributed by atoms with Crippen molar-refractivity contribution in [3.63, 3.8) is 0 Å². The van der Waals surface area contributed by atoms with Crippen molar-refractivity contribution in [3.05, 3.63) is 35.9 Å². The van der Waals surface area contributed by atoms with Crippen LogP contribution in [0.25, 0.3) is 0 Å². The monoisotopic (exact) mass is 374 g/mol. The lowest BCUT2D eigenvalue weighted by Gasteiger charge is -2.31. The van der Waals surface area contributed by atoms with Crippen LogP contribution >= 0.6 is 11.6 Å². The first-order chi connectivity index (χ1) is 10.1. The molecule has 0 bridgehead atoms. The molecule has 0 radical (unpaired) electrons. The molecule has 0 heterocycles. The van der Waals surface area contributed by atoms with Gasteiger partial charge in [-0.05, 0) is 51.3 Å². The quantitative estimate of drug-likeness (QED) is 0.346. The van der Waals surface area contributed by atoms with Crippen LogP contribution in [0, 0.1) is 0 Å². The second-order valence-electron chi connectivity index (χ2n) is 7.70. The first-order valence-corrected chi connectivity index (χ1v) is 17.2. The highest BCUT2D eigenvalue weighted by atomic mass is 35.5. The molecule has 0 saturated carbocycles. The van der Waals surface area contributed by atoms with E-state index in [0.29, 0.717) is 0 Å². The fourth-order valence-electron chi connectivity index (χ4n) is 2.22. The Morgan fingerprint density at radius 3 is 1.91 bits per heavy atom. The first-order valence-electron chi connectivity index (χ1n) is 8.11. The minimum absolute atomic E-state index is 0.0676. The Balaban J connectivity index is 2.49. The van der Waals surface area contributed by atoms with Gasteiger partial charge in [0, 0.05) is 0 Å². The van der Waals surface area contributed by atoms with Crippen molar-refractivity contribution in [2.24, 2.45) is 0 Å². The van der Waals surface area contributed by atoms with E-state index in [4.69, 9.17) is 20.5 Å². The van der Waals surface area contributed by atoms with E-state index in [1.54, 1.807) is 0 Å². The van der Waals surface area contributed by atoms with Crippen LogP contribution in [0.4, 0.5) is 0 Å². The number of halogens is 1. The summed E-state index contributed by atoms with van der Waals surface area (Å²) in [6.07, 6.45) is 1.01. The third-order valence-corrected chi connectivity index (χ3v) is 7.73. The van der Waals surface area contributed by atoms with Crippen LogP contribution in [-0.4, -0.2) is 32.1 Å². The lowest BCUT2D eigenvalue weighted by atomic mass is 10.1. The van der Waals surface area contributed by atoms with E-state index in [9.17, 15) is 0 Å².